The molecular formula is C52H36N6S2. The standard InChI is InChI=1S/C52H36N6S2/c1-51(2,3)25-15-19-33-31(23-25)39-43-46(58-36-22-18-30-28-12-8-10-14-38(28)60-48(30)42(36)53-49(58)55(33)43)40-32-24-26(52(4,5)6)16-20-34(32)56-44(40)45(39)57-35-21-17-29-27-11-7-9-13-37(27)59-47(29)41(35)54-50(56)57/h7-24H,1-6H3. The first-order valence-corrected chi connectivity index (χ1v) is 22.5. The van der Waals surface area contributed by atoms with E-state index in [1.54, 1.807) is 0 Å². The van der Waals surface area contributed by atoms with Gasteiger partial charge in [-0.2, -0.15) is 0 Å². The van der Waals surface area contributed by atoms with Gasteiger partial charge < -0.3 is 0 Å². The number of imidazole rings is 4. The van der Waals surface area contributed by atoms with Crippen LogP contribution in [-0.2, 0) is 10.8 Å². The summed E-state index contributed by atoms with van der Waals surface area (Å²) in [5, 5.41) is 10.2. The van der Waals surface area contributed by atoms with Crippen LogP contribution in [0.15, 0.2) is 109 Å². The van der Waals surface area contributed by atoms with Crippen LogP contribution in [0, 0.1) is 0 Å². The molecule has 6 nitrogen and oxygen atoms in total. The van der Waals surface area contributed by atoms with Gasteiger partial charge in [-0.15, -0.1) is 22.7 Å². The molecule has 0 saturated heterocycles. The average Bonchev–Trinajstić information content (AvgIpc) is 4.09. The molecule has 0 aliphatic heterocycles. The molecule has 0 bridgehead atoms. The molecule has 0 saturated carbocycles. The molecule has 0 amide bonds. The van der Waals surface area contributed by atoms with Crippen molar-refractivity contribution in [2.24, 2.45) is 0 Å². The summed E-state index contributed by atoms with van der Waals surface area (Å²) in [4.78, 5) is 11.4. The Morgan fingerprint density at radius 1 is 0.400 bits per heavy atom. The molecule has 0 aliphatic rings. The summed E-state index contributed by atoms with van der Waals surface area (Å²) in [5.74, 6) is 1.92. The Labute approximate surface area is 349 Å². The van der Waals surface area contributed by atoms with E-state index < -0.39 is 0 Å². The number of rotatable bonds is 0. The van der Waals surface area contributed by atoms with Crippen molar-refractivity contribution in [1.82, 2.24) is 27.6 Å². The van der Waals surface area contributed by atoms with Crippen LogP contribution >= 0.6 is 22.7 Å². The summed E-state index contributed by atoms with van der Waals surface area (Å²) < 4.78 is 15.0. The molecule has 15 aromatic rings. The highest BCUT2D eigenvalue weighted by atomic mass is 32.1. The van der Waals surface area contributed by atoms with Gasteiger partial charge in [0.05, 0.1) is 53.5 Å². The van der Waals surface area contributed by atoms with Crippen LogP contribution in [-0.4, -0.2) is 27.6 Å². The zero-order chi connectivity index (χ0) is 39.9. The minimum absolute atomic E-state index is 0.0299. The molecule has 15 rings (SSSR count). The van der Waals surface area contributed by atoms with Gasteiger partial charge in [-0.25, -0.2) is 9.97 Å². The summed E-state index contributed by atoms with van der Waals surface area (Å²) in [5.41, 5.74) is 14.2. The van der Waals surface area contributed by atoms with Gasteiger partial charge in [0, 0.05) is 52.5 Å². The topological polar surface area (TPSA) is 43.4 Å². The van der Waals surface area contributed by atoms with Crippen molar-refractivity contribution in [3.8, 4) is 0 Å². The van der Waals surface area contributed by atoms with Crippen LogP contribution in [0.5, 0.6) is 0 Å². The first kappa shape index (κ1) is 32.4. The second-order valence-corrected chi connectivity index (χ2v) is 21.2. The molecule has 60 heavy (non-hydrogen) atoms. The highest BCUT2D eigenvalue weighted by Crippen LogP contribution is 2.51. The van der Waals surface area contributed by atoms with Gasteiger partial charge in [0.25, 0.3) is 0 Å². The summed E-state index contributed by atoms with van der Waals surface area (Å²) in [6, 6.07) is 41.1. The van der Waals surface area contributed by atoms with Crippen LogP contribution in [0.1, 0.15) is 52.7 Å². The Hall–Kier alpha value is -6.48. The van der Waals surface area contributed by atoms with Crippen molar-refractivity contribution in [2.45, 2.75) is 52.4 Å². The Morgan fingerprint density at radius 3 is 1.20 bits per heavy atom. The van der Waals surface area contributed by atoms with Crippen molar-refractivity contribution < 1.29 is 0 Å². The van der Waals surface area contributed by atoms with Crippen LogP contribution in [0.4, 0.5) is 0 Å². The maximum Gasteiger partial charge on any atom is 0.220 e. The van der Waals surface area contributed by atoms with E-state index in [1.807, 2.05) is 22.7 Å². The fourth-order valence-corrected chi connectivity index (χ4v) is 13.3. The fraction of sp³-hybridized carbons (Fsp3) is 0.154. The monoisotopic (exact) mass is 808 g/mol. The number of benzene rings is 7. The quantitative estimate of drug-likeness (QED) is 0.153. The third-order valence-corrected chi connectivity index (χ3v) is 16.1. The highest BCUT2D eigenvalue weighted by Gasteiger charge is 2.33. The molecule has 0 spiro atoms. The number of aromatic nitrogens is 6. The zero-order valence-corrected chi connectivity index (χ0v) is 35.5. The molecule has 8 heteroatoms. The predicted molar refractivity (Wildman–Crippen MR) is 256 cm³/mol. The van der Waals surface area contributed by atoms with Crippen LogP contribution < -0.4 is 0 Å². The number of fused-ring (bicyclic) bond motifs is 26. The van der Waals surface area contributed by atoms with E-state index in [9.17, 15) is 0 Å². The lowest BCUT2D eigenvalue weighted by molar-refractivity contribution is 0.591. The largest absolute Gasteiger partial charge is 0.277 e. The lowest BCUT2D eigenvalue weighted by atomic mass is 9.86. The second-order valence-electron chi connectivity index (χ2n) is 19.1. The Bertz CT molecular complexity index is 4150. The summed E-state index contributed by atoms with van der Waals surface area (Å²) in [6.07, 6.45) is 0. The van der Waals surface area contributed by atoms with Crippen molar-refractivity contribution in [2.75, 3.05) is 0 Å². The van der Waals surface area contributed by atoms with E-state index in [1.165, 1.54) is 106 Å². The summed E-state index contributed by atoms with van der Waals surface area (Å²) >= 11 is 3.71. The smallest absolute Gasteiger partial charge is 0.220 e. The van der Waals surface area contributed by atoms with Crippen LogP contribution in [0.2, 0.25) is 0 Å². The van der Waals surface area contributed by atoms with Gasteiger partial charge in [0.1, 0.15) is 11.0 Å². The predicted octanol–water partition coefficient (Wildman–Crippen LogP) is 14.6. The van der Waals surface area contributed by atoms with E-state index in [0.29, 0.717) is 0 Å². The Balaban J connectivity index is 1.25. The fourth-order valence-electron chi connectivity index (χ4n) is 10.9. The van der Waals surface area contributed by atoms with Crippen molar-refractivity contribution >= 4 is 151 Å². The summed E-state index contributed by atoms with van der Waals surface area (Å²) in [7, 11) is 0. The maximum absolute atomic E-state index is 5.70. The van der Waals surface area contributed by atoms with Gasteiger partial charge in [-0.05, 0) is 70.5 Å². The number of hydrogen-bond donors (Lipinski definition) is 0. The third kappa shape index (κ3) is 3.58. The molecule has 8 aromatic heterocycles. The minimum Gasteiger partial charge on any atom is -0.277 e. The Morgan fingerprint density at radius 2 is 0.783 bits per heavy atom. The van der Waals surface area contributed by atoms with Gasteiger partial charge >= 0.3 is 0 Å². The van der Waals surface area contributed by atoms with E-state index in [4.69, 9.17) is 9.97 Å². The lowest BCUT2D eigenvalue weighted by Gasteiger charge is -2.19. The number of nitrogens with zero attached hydrogens (tertiary/aromatic N) is 6. The highest BCUT2D eigenvalue weighted by molar-refractivity contribution is 7.27. The van der Waals surface area contributed by atoms with Gasteiger partial charge in [0.15, 0.2) is 0 Å². The SMILES string of the molecule is CC(C)(C)c1ccc2c(c1)c1c3c(c4c5cc(C(C)(C)C)ccc5n5c4c1n1c4ccc6c7ccccc7sc6c4nc51)n1c4ccc5c6ccccc6sc5c4nc1n23. The molecule has 7 aromatic carbocycles. The lowest BCUT2D eigenvalue weighted by Crippen LogP contribution is -2.10. The first-order valence-electron chi connectivity index (χ1n) is 20.8. The molecule has 0 aliphatic carbocycles. The molecule has 0 N–H and O–H groups in total. The van der Waals surface area contributed by atoms with E-state index in [0.717, 1.165) is 33.6 Å². The molecule has 0 atom stereocenters. The Kier molecular flexibility index (Phi) is 5.45. The molecule has 0 fully saturated rings. The number of thiophene rings is 2. The van der Waals surface area contributed by atoms with E-state index in [2.05, 4.69) is 168 Å². The molecule has 8 heterocycles. The van der Waals surface area contributed by atoms with Gasteiger partial charge in [-0.3, -0.25) is 17.6 Å². The van der Waals surface area contributed by atoms with E-state index in [-0.39, 0.29) is 10.8 Å². The van der Waals surface area contributed by atoms with Crippen molar-refractivity contribution in [3.63, 3.8) is 0 Å². The van der Waals surface area contributed by atoms with Crippen molar-refractivity contribution in [3.05, 3.63) is 120 Å². The second kappa shape index (κ2) is 10.1. The van der Waals surface area contributed by atoms with Crippen molar-refractivity contribution in [1.29, 1.82) is 0 Å². The molecule has 0 unspecified atom stereocenters. The van der Waals surface area contributed by atoms with Crippen LogP contribution in [0.3, 0.4) is 0 Å². The third-order valence-electron chi connectivity index (χ3n) is 13.7. The van der Waals surface area contributed by atoms with Gasteiger partial charge in [0.2, 0.25) is 11.6 Å². The molecule has 286 valence electrons. The maximum atomic E-state index is 5.70. The van der Waals surface area contributed by atoms with E-state index >= 15 is 0 Å². The number of hydrogen-bond acceptors (Lipinski definition) is 4. The average molecular weight is 809 g/mol. The normalized spacial score (nSPS) is 13.8. The zero-order valence-electron chi connectivity index (χ0n) is 33.9. The van der Waals surface area contributed by atoms with Gasteiger partial charge in [-0.1, -0.05) is 102 Å². The minimum atomic E-state index is -0.0299. The molecule has 0 radical (unpaired) electrons. The van der Waals surface area contributed by atoms with Crippen LogP contribution in [0.25, 0.3) is 129 Å². The first-order chi connectivity index (χ1) is 29.0. The molecular weight excluding hydrogens is 773 g/mol. The summed E-state index contributed by atoms with van der Waals surface area (Å²) in [6.45, 7) is 13.9.